The second-order valence-electron chi connectivity index (χ2n) is 3.58. The van der Waals surface area contributed by atoms with Gasteiger partial charge in [0.2, 0.25) is 0 Å². The molecule has 3 aromatic rings. The Kier molecular flexibility index (Phi) is 2.36. The first-order valence-corrected chi connectivity index (χ1v) is 5.59. The van der Waals surface area contributed by atoms with Crippen LogP contribution in [0.5, 0.6) is 0 Å². The number of fused-ring (bicyclic) bond motifs is 2. The molecule has 2 heterocycles. The van der Waals surface area contributed by atoms with Crippen LogP contribution in [0.3, 0.4) is 0 Å². The van der Waals surface area contributed by atoms with Crippen LogP contribution in [0.15, 0.2) is 21.7 Å². The number of hydrogen-bond acceptors (Lipinski definition) is 4. The Balaban J connectivity index is 2.64. The number of nitrogens with zero attached hydrogens (tertiary/aromatic N) is 2. The summed E-state index contributed by atoms with van der Waals surface area (Å²) in [5, 5.41) is 5.00. The highest BCUT2D eigenvalue weighted by atomic mass is 35.5. The maximum absolute atomic E-state index is 11.6. The number of benzene rings is 1. The third-order valence-electron chi connectivity index (χ3n) is 2.41. The number of nitrogens with one attached hydrogen (secondary N) is 2. The normalized spacial score (nSPS) is 11.2. The Hall–Kier alpha value is -1.92. The van der Waals surface area contributed by atoms with Crippen molar-refractivity contribution in [3.05, 3.63) is 42.9 Å². The van der Waals surface area contributed by atoms with Crippen LogP contribution in [0.4, 0.5) is 0 Å². The van der Waals surface area contributed by atoms with Gasteiger partial charge in [-0.3, -0.25) is 19.8 Å². The van der Waals surface area contributed by atoms with Gasteiger partial charge < -0.3 is 0 Å². The maximum atomic E-state index is 11.6. The Morgan fingerprint density at radius 1 is 0.889 bits per heavy atom. The molecule has 0 fully saturated rings. The average molecular weight is 283 g/mol. The topological polar surface area (TPSA) is 91.5 Å². The van der Waals surface area contributed by atoms with Crippen LogP contribution in [-0.4, -0.2) is 20.2 Å². The lowest BCUT2D eigenvalue weighted by molar-refractivity contribution is 0.965. The zero-order valence-electron chi connectivity index (χ0n) is 8.62. The highest BCUT2D eigenvalue weighted by Gasteiger charge is 2.11. The predicted molar refractivity (Wildman–Crippen MR) is 68.3 cm³/mol. The number of hydrogen-bond donors (Lipinski definition) is 2. The van der Waals surface area contributed by atoms with Crippen molar-refractivity contribution in [2.45, 2.75) is 0 Å². The van der Waals surface area contributed by atoms with Crippen molar-refractivity contribution in [1.29, 1.82) is 0 Å². The molecular weight excluding hydrogens is 279 g/mol. The van der Waals surface area contributed by atoms with Crippen LogP contribution in [0.25, 0.3) is 22.1 Å². The van der Waals surface area contributed by atoms with Crippen LogP contribution >= 0.6 is 23.2 Å². The average Bonchev–Trinajstić information content (AvgIpc) is 2.32. The molecular formula is C10H4Cl2N4O2. The first-order valence-electron chi connectivity index (χ1n) is 4.84. The van der Waals surface area contributed by atoms with E-state index in [0.717, 1.165) is 0 Å². The van der Waals surface area contributed by atoms with Gasteiger partial charge in [0.1, 0.15) is 5.52 Å². The summed E-state index contributed by atoms with van der Waals surface area (Å²) in [6.45, 7) is 0. The summed E-state index contributed by atoms with van der Waals surface area (Å²) in [7, 11) is 0. The third-order valence-corrected chi connectivity index (χ3v) is 2.91. The van der Waals surface area contributed by atoms with Crippen molar-refractivity contribution >= 4 is 45.3 Å². The molecule has 0 saturated heterocycles. The van der Waals surface area contributed by atoms with Crippen LogP contribution in [0.2, 0.25) is 10.0 Å². The molecule has 18 heavy (non-hydrogen) atoms. The molecule has 0 aliphatic carbocycles. The number of halogens is 2. The fourth-order valence-electron chi connectivity index (χ4n) is 1.64. The van der Waals surface area contributed by atoms with Gasteiger partial charge in [-0.1, -0.05) is 23.2 Å². The highest BCUT2D eigenvalue weighted by Crippen LogP contribution is 2.25. The Bertz CT molecular complexity index is 900. The van der Waals surface area contributed by atoms with Gasteiger partial charge in [0.05, 0.1) is 10.5 Å². The number of aromatic nitrogens is 4. The van der Waals surface area contributed by atoms with Gasteiger partial charge in [0.15, 0.2) is 11.0 Å². The van der Waals surface area contributed by atoms with E-state index in [2.05, 4.69) is 20.2 Å². The summed E-state index contributed by atoms with van der Waals surface area (Å²) in [6, 6.07) is 3.02. The Labute approximate surface area is 109 Å². The van der Waals surface area contributed by atoms with Gasteiger partial charge in [-0.15, -0.1) is 0 Å². The van der Waals surface area contributed by atoms with E-state index in [1.807, 2.05) is 0 Å². The molecule has 0 bridgehead atoms. The molecule has 0 aliphatic rings. The van der Waals surface area contributed by atoms with Crippen LogP contribution < -0.4 is 11.1 Å². The summed E-state index contributed by atoms with van der Waals surface area (Å²) in [4.78, 5) is 31.2. The first-order chi connectivity index (χ1) is 8.56. The largest absolute Gasteiger partial charge is 0.290 e. The van der Waals surface area contributed by atoms with Crippen LogP contribution in [0, 0.1) is 0 Å². The summed E-state index contributed by atoms with van der Waals surface area (Å²) in [5.41, 5.74) is -0.499. The lowest BCUT2D eigenvalue weighted by Gasteiger charge is -2.02. The van der Waals surface area contributed by atoms with Crippen molar-refractivity contribution in [3.8, 4) is 0 Å². The molecule has 0 unspecified atom stereocenters. The minimum absolute atomic E-state index is 0.0513. The lowest BCUT2D eigenvalue weighted by Crippen LogP contribution is -2.21. The van der Waals surface area contributed by atoms with E-state index < -0.39 is 11.1 Å². The standard InChI is InChI=1S/C10H4Cl2N4O2/c11-3-1-4(12)6-5(2-3)13-7-8(14-6)10(18)16-15-9(7)17/h1-2H,(H,15,17)(H,16,18). The van der Waals surface area contributed by atoms with Crippen LogP contribution in [-0.2, 0) is 0 Å². The molecule has 0 atom stereocenters. The van der Waals surface area contributed by atoms with Gasteiger partial charge in [-0.05, 0) is 12.1 Å². The highest BCUT2D eigenvalue weighted by molar-refractivity contribution is 6.38. The van der Waals surface area contributed by atoms with E-state index in [1.54, 1.807) is 0 Å². The summed E-state index contributed by atoms with van der Waals surface area (Å²) in [5.74, 6) is 0. The molecule has 6 nitrogen and oxygen atoms in total. The van der Waals surface area contributed by atoms with E-state index in [0.29, 0.717) is 16.1 Å². The molecule has 1 aromatic carbocycles. The van der Waals surface area contributed by atoms with Crippen molar-refractivity contribution in [3.63, 3.8) is 0 Å². The number of H-pyrrole nitrogens is 2. The SMILES string of the molecule is O=c1[nH][nH]c(=O)c2nc3c(Cl)cc(Cl)cc3nc12. The molecule has 8 heteroatoms. The zero-order valence-corrected chi connectivity index (χ0v) is 10.1. The zero-order chi connectivity index (χ0) is 12.9. The number of rotatable bonds is 0. The van der Waals surface area contributed by atoms with E-state index in [-0.39, 0.29) is 16.1 Å². The molecule has 2 aromatic heterocycles. The van der Waals surface area contributed by atoms with E-state index in [1.165, 1.54) is 12.1 Å². The molecule has 0 aliphatic heterocycles. The Morgan fingerprint density at radius 2 is 1.50 bits per heavy atom. The fourth-order valence-corrected chi connectivity index (χ4v) is 2.16. The van der Waals surface area contributed by atoms with Crippen molar-refractivity contribution in [2.24, 2.45) is 0 Å². The van der Waals surface area contributed by atoms with Gasteiger partial charge in [-0.2, -0.15) is 0 Å². The second-order valence-corrected chi connectivity index (χ2v) is 4.43. The van der Waals surface area contributed by atoms with Gasteiger partial charge in [0, 0.05) is 5.02 Å². The Morgan fingerprint density at radius 3 is 2.17 bits per heavy atom. The molecule has 0 radical (unpaired) electrons. The molecule has 90 valence electrons. The van der Waals surface area contributed by atoms with E-state index >= 15 is 0 Å². The van der Waals surface area contributed by atoms with Gasteiger partial charge in [0.25, 0.3) is 11.1 Å². The molecule has 3 rings (SSSR count). The van der Waals surface area contributed by atoms with Gasteiger partial charge >= 0.3 is 0 Å². The van der Waals surface area contributed by atoms with Gasteiger partial charge in [-0.25, -0.2) is 9.97 Å². The molecule has 2 N–H and O–H groups in total. The molecule has 0 spiro atoms. The second kappa shape index (κ2) is 3.79. The predicted octanol–water partition coefficient (Wildman–Crippen LogP) is 1.47. The third kappa shape index (κ3) is 1.58. The molecule has 0 saturated carbocycles. The van der Waals surface area contributed by atoms with Crippen molar-refractivity contribution in [2.75, 3.05) is 0 Å². The van der Waals surface area contributed by atoms with Crippen LogP contribution in [0.1, 0.15) is 0 Å². The quantitative estimate of drug-likeness (QED) is 0.611. The van der Waals surface area contributed by atoms with E-state index in [9.17, 15) is 9.59 Å². The van der Waals surface area contributed by atoms with Crippen molar-refractivity contribution in [1.82, 2.24) is 20.2 Å². The summed E-state index contributed by atoms with van der Waals surface area (Å²) >= 11 is 11.8. The monoisotopic (exact) mass is 282 g/mol. The minimum atomic E-state index is -0.537. The van der Waals surface area contributed by atoms with E-state index in [4.69, 9.17) is 23.2 Å². The number of aromatic amines is 2. The molecule has 0 amide bonds. The fraction of sp³-hybridized carbons (Fsp3) is 0. The first kappa shape index (κ1) is 11.2. The smallest absolute Gasteiger partial charge is 0.266 e. The summed E-state index contributed by atoms with van der Waals surface area (Å²) < 4.78 is 0. The minimum Gasteiger partial charge on any atom is -0.266 e. The maximum Gasteiger partial charge on any atom is 0.290 e. The summed E-state index contributed by atoms with van der Waals surface area (Å²) in [6.07, 6.45) is 0. The van der Waals surface area contributed by atoms with Crippen molar-refractivity contribution < 1.29 is 0 Å². The lowest BCUT2D eigenvalue weighted by atomic mass is 10.3.